The van der Waals surface area contributed by atoms with Crippen molar-refractivity contribution in [2.45, 2.75) is 77.9 Å². The van der Waals surface area contributed by atoms with Gasteiger partial charge in [0.1, 0.15) is 6.04 Å². The number of carboxylic acid groups (broad SMARTS) is 1. The Hall–Kier alpha value is -3.33. The van der Waals surface area contributed by atoms with Crippen LogP contribution in [0.1, 0.15) is 93.2 Å². The lowest BCUT2D eigenvalue weighted by Gasteiger charge is -2.40. The molecule has 39 heavy (non-hydrogen) atoms. The van der Waals surface area contributed by atoms with Crippen LogP contribution in [0, 0.1) is 5.92 Å². The highest BCUT2D eigenvalue weighted by atomic mass is 79.9. The zero-order valence-corrected chi connectivity index (χ0v) is 24.8. The lowest BCUT2D eigenvalue weighted by molar-refractivity contribution is -0.152. The maximum absolute atomic E-state index is 14.5. The van der Waals surface area contributed by atoms with Gasteiger partial charge in [0.25, 0.3) is 5.91 Å². The van der Waals surface area contributed by atoms with Crippen LogP contribution < -0.4 is 0 Å². The average Bonchev–Trinajstić information content (AvgIpc) is 3.29. The number of amides is 1. The predicted molar refractivity (Wildman–Crippen MR) is 152 cm³/mol. The Morgan fingerprint density at radius 2 is 1.82 bits per heavy atom. The zero-order valence-electron chi connectivity index (χ0n) is 23.2. The third-order valence-corrected chi connectivity index (χ3v) is 7.97. The Balaban J connectivity index is 2.06. The molecule has 2 atom stereocenters. The molecule has 208 valence electrons. The van der Waals surface area contributed by atoms with Crippen LogP contribution in [0.4, 0.5) is 0 Å². The molecule has 3 N–H and O–H groups in total. The smallest absolute Gasteiger partial charge is 0.334 e. The third-order valence-electron chi connectivity index (χ3n) is 7.32. The molecule has 1 aromatic carbocycles. The molecule has 1 aliphatic rings. The van der Waals surface area contributed by atoms with E-state index in [2.05, 4.69) is 41.7 Å². The van der Waals surface area contributed by atoms with Crippen molar-refractivity contribution >= 4 is 27.8 Å². The van der Waals surface area contributed by atoms with Crippen molar-refractivity contribution in [3.63, 3.8) is 0 Å². The third kappa shape index (κ3) is 4.60. The molecule has 1 aliphatic heterocycles. The fraction of sp³-hybridized carbons (Fsp3) is 0.433. The van der Waals surface area contributed by atoms with Gasteiger partial charge in [-0.2, -0.15) is 0 Å². The van der Waals surface area contributed by atoms with Gasteiger partial charge < -0.3 is 20.2 Å². The topological polar surface area (TPSA) is 116 Å². The van der Waals surface area contributed by atoms with Gasteiger partial charge in [-0.15, -0.1) is 0 Å². The van der Waals surface area contributed by atoms with Crippen LogP contribution in [-0.4, -0.2) is 41.6 Å². The van der Waals surface area contributed by atoms with Crippen molar-refractivity contribution in [2.75, 3.05) is 0 Å². The first-order valence-corrected chi connectivity index (χ1v) is 14.0. The summed E-state index contributed by atoms with van der Waals surface area (Å²) in [6.07, 6.45) is 2.19. The minimum atomic E-state index is -1.95. The molecular formula is C30H36BrN3O5. The lowest BCUT2D eigenvalue weighted by Crippen LogP contribution is -2.53. The summed E-state index contributed by atoms with van der Waals surface area (Å²) in [5.41, 5.74) is -0.200. The number of aromatic nitrogens is 2. The molecule has 3 heterocycles. The summed E-state index contributed by atoms with van der Waals surface area (Å²) >= 11 is 3.61. The van der Waals surface area contributed by atoms with E-state index in [0.29, 0.717) is 12.1 Å². The van der Waals surface area contributed by atoms with Crippen LogP contribution in [0.15, 0.2) is 47.1 Å². The minimum Gasteiger partial charge on any atom is -0.494 e. The summed E-state index contributed by atoms with van der Waals surface area (Å²) in [4.78, 5) is 33.7. The van der Waals surface area contributed by atoms with Gasteiger partial charge in [0.15, 0.2) is 11.4 Å². The summed E-state index contributed by atoms with van der Waals surface area (Å²) in [6, 6.07) is 9.42. The second-order valence-electron chi connectivity index (χ2n) is 11.6. The maximum atomic E-state index is 14.5. The van der Waals surface area contributed by atoms with E-state index in [0.717, 1.165) is 10.0 Å². The van der Waals surface area contributed by atoms with Crippen LogP contribution in [0.25, 0.3) is 0 Å². The van der Waals surface area contributed by atoms with Gasteiger partial charge in [-0.05, 0) is 54.0 Å². The summed E-state index contributed by atoms with van der Waals surface area (Å²) in [6.45, 7) is 12.1. The van der Waals surface area contributed by atoms with Crippen molar-refractivity contribution < 1.29 is 24.9 Å². The van der Waals surface area contributed by atoms with E-state index in [-0.39, 0.29) is 52.7 Å². The number of aromatic hydroxyl groups is 2. The minimum absolute atomic E-state index is 0.0226. The molecule has 0 unspecified atom stereocenters. The Morgan fingerprint density at radius 1 is 1.13 bits per heavy atom. The molecular weight excluding hydrogens is 562 g/mol. The van der Waals surface area contributed by atoms with Gasteiger partial charge in [0.2, 0.25) is 5.88 Å². The van der Waals surface area contributed by atoms with Crippen LogP contribution in [0.5, 0.6) is 11.8 Å². The van der Waals surface area contributed by atoms with E-state index >= 15 is 0 Å². The molecule has 2 aromatic heterocycles. The van der Waals surface area contributed by atoms with Crippen LogP contribution in [-0.2, 0) is 22.3 Å². The molecule has 0 fully saturated rings. The first-order valence-electron chi connectivity index (χ1n) is 13.2. The number of pyridine rings is 1. The van der Waals surface area contributed by atoms with Crippen LogP contribution in [0.3, 0.4) is 0 Å². The number of carbonyl (C=O) groups is 2. The predicted octanol–water partition coefficient (Wildman–Crippen LogP) is 6.34. The molecule has 1 amide bonds. The molecule has 9 heteroatoms. The number of nitrogens with zero attached hydrogens (tertiary/aromatic N) is 3. The van der Waals surface area contributed by atoms with E-state index in [4.69, 9.17) is 0 Å². The summed E-state index contributed by atoms with van der Waals surface area (Å²) in [7, 11) is 0. The molecule has 0 bridgehead atoms. The first kappa shape index (κ1) is 28.7. The average molecular weight is 599 g/mol. The number of carbonyl (C=O) groups excluding carboxylic acids is 1. The molecule has 0 radical (unpaired) electrons. The number of hydrogen-bond acceptors (Lipinski definition) is 5. The Kier molecular flexibility index (Phi) is 7.60. The van der Waals surface area contributed by atoms with Crippen molar-refractivity contribution in [1.29, 1.82) is 0 Å². The van der Waals surface area contributed by atoms with E-state index in [9.17, 15) is 24.9 Å². The monoisotopic (exact) mass is 597 g/mol. The van der Waals surface area contributed by atoms with Gasteiger partial charge in [-0.1, -0.05) is 69.6 Å². The highest BCUT2D eigenvalue weighted by molar-refractivity contribution is 9.10. The number of benzene rings is 1. The molecule has 3 aromatic rings. The Labute approximate surface area is 237 Å². The summed E-state index contributed by atoms with van der Waals surface area (Å²) in [5.74, 6) is -2.58. The van der Waals surface area contributed by atoms with E-state index in [1.165, 1.54) is 9.47 Å². The second-order valence-corrected chi connectivity index (χ2v) is 12.5. The fourth-order valence-electron chi connectivity index (χ4n) is 5.78. The number of halogens is 1. The van der Waals surface area contributed by atoms with Crippen LogP contribution in [0.2, 0.25) is 0 Å². The van der Waals surface area contributed by atoms with E-state index in [1.54, 1.807) is 36.5 Å². The normalized spacial score (nSPS) is 19.0. The standard InChI is InChI=1S/C30H36BrN3O5/c1-7-14-33-26(36)22-23(27(33)37)30(28(38)39,16-17(2)3)34(24(22)21-10-8-9-13-32-21)25(35)18-11-12-19(20(31)15-18)29(4,5)6/h8-13,15,17,24,36-37H,7,14,16H2,1-6H3,(H,38,39)/t24-,30-/m0/s1. The molecule has 0 spiro atoms. The first-order chi connectivity index (χ1) is 18.3. The molecule has 0 saturated carbocycles. The highest BCUT2D eigenvalue weighted by Gasteiger charge is 2.62. The Bertz CT molecular complexity index is 1410. The van der Waals surface area contributed by atoms with Crippen molar-refractivity contribution in [3.05, 3.63) is 75.0 Å². The maximum Gasteiger partial charge on any atom is 0.334 e. The molecule has 4 rings (SSSR count). The van der Waals surface area contributed by atoms with Gasteiger partial charge in [0.05, 0.1) is 16.8 Å². The number of carboxylic acids is 1. The Morgan fingerprint density at radius 3 is 2.33 bits per heavy atom. The zero-order chi connectivity index (χ0) is 28.9. The molecule has 0 aliphatic carbocycles. The van der Waals surface area contributed by atoms with Crippen molar-refractivity contribution in [2.24, 2.45) is 5.92 Å². The van der Waals surface area contributed by atoms with Crippen molar-refractivity contribution in [3.8, 4) is 11.8 Å². The fourth-order valence-corrected chi connectivity index (χ4v) is 6.75. The quantitative estimate of drug-likeness (QED) is 0.293. The van der Waals surface area contributed by atoms with Gasteiger partial charge >= 0.3 is 5.97 Å². The van der Waals surface area contributed by atoms with Gasteiger partial charge in [0, 0.05) is 22.8 Å². The number of aliphatic carboxylic acids is 1. The number of rotatable bonds is 7. The van der Waals surface area contributed by atoms with Gasteiger partial charge in [-0.25, -0.2) is 4.79 Å². The number of fused-ring (bicyclic) bond motifs is 1. The van der Waals surface area contributed by atoms with Crippen LogP contribution >= 0.6 is 15.9 Å². The SMILES string of the molecule is CCCn1c(O)c2c(c1O)[C@@](CC(C)C)(C(=O)O)N(C(=O)c1ccc(C(C)(C)C)c(Br)c1)[C@H]2c1ccccn1. The lowest BCUT2D eigenvalue weighted by atomic mass is 9.82. The highest BCUT2D eigenvalue weighted by Crippen LogP contribution is 2.59. The molecule has 0 saturated heterocycles. The largest absolute Gasteiger partial charge is 0.494 e. The van der Waals surface area contributed by atoms with E-state index < -0.39 is 23.5 Å². The summed E-state index contributed by atoms with van der Waals surface area (Å²) < 4.78 is 2.06. The summed E-state index contributed by atoms with van der Waals surface area (Å²) in [5, 5.41) is 33.8. The second kappa shape index (κ2) is 10.3. The molecule has 8 nitrogen and oxygen atoms in total. The van der Waals surface area contributed by atoms with Crippen molar-refractivity contribution in [1.82, 2.24) is 14.5 Å². The van der Waals surface area contributed by atoms with Gasteiger partial charge in [-0.3, -0.25) is 14.3 Å². The van der Waals surface area contributed by atoms with E-state index in [1.807, 2.05) is 26.8 Å². The number of hydrogen-bond donors (Lipinski definition) is 3.